The number of aromatic nitrogens is 5. The lowest BCUT2D eigenvalue weighted by Crippen LogP contribution is -2.35. The summed E-state index contributed by atoms with van der Waals surface area (Å²) in [5.41, 5.74) is 0.535. The Labute approximate surface area is 312 Å². The van der Waals surface area contributed by atoms with Crippen molar-refractivity contribution in [1.82, 2.24) is 29.9 Å². The number of halogens is 6. The Hall–Kier alpha value is -5.03. The number of carbonyl (C=O) groups excluding carboxylic acids is 2. The third kappa shape index (κ3) is 7.76. The summed E-state index contributed by atoms with van der Waals surface area (Å²) in [6.45, 7) is 6.45. The first-order chi connectivity index (χ1) is 26.0. The molecule has 10 nitrogen and oxygen atoms in total. The zero-order chi connectivity index (χ0) is 39.4. The second-order valence-electron chi connectivity index (χ2n) is 15.2. The normalized spacial score (nSPS) is 17.7. The number of fused-ring (bicyclic) bond motifs is 4. The van der Waals surface area contributed by atoms with Gasteiger partial charge in [-0.25, -0.2) is 32.0 Å². The van der Waals surface area contributed by atoms with E-state index in [0.29, 0.717) is 39.5 Å². The molecule has 3 aromatic heterocycles. The maximum atomic E-state index is 15.3. The Bertz CT molecular complexity index is 2270. The summed E-state index contributed by atoms with van der Waals surface area (Å²) >= 11 is 0. The van der Waals surface area contributed by atoms with Crippen molar-refractivity contribution in [2.75, 3.05) is 13.7 Å². The first kappa shape index (κ1) is 38.2. The Kier molecular flexibility index (Phi) is 10.1. The standard InChI is InChI=1S/C38H38F6N6O4Si/c1-53-37(52)22-7-5-6-21(13-22)25-16-30-29(17-45-50(30)19-54-8-9-55(2,3)4)47-33(25)28(12-20-10-23(39)14-24(40)11-20)46-31(51)18-49-35-32(34(48-49)36(41)42)26-15-27(26)38(35,43)44/h5-7,10-11,13-14,16-17,26-28,36H,8-9,12,15,18-19H2,1-4H3,(H,46,51)/t26-,27+,28-/m0/s1. The SMILES string of the molecule is COC(=O)c1cccc(-c2cc3c(cnn3COCC[Si](C)(C)C)nc2[C@H](Cc2cc(F)cc(F)c2)NC(=O)Cn2nc(C(F)F)c3c2C(F)(F)[C@@H]2C[C@H]32)c1. The fourth-order valence-corrected chi connectivity index (χ4v) is 7.97. The highest BCUT2D eigenvalue weighted by molar-refractivity contribution is 6.76. The van der Waals surface area contributed by atoms with Gasteiger partial charge in [0, 0.05) is 37.8 Å². The number of alkyl halides is 4. The molecule has 0 saturated heterocycles. The van der Waals surface area contributed by atoms with Crippen LogP contribution in [0.2, 0.25) is 25.7 Å². The molecule has 1 saturated carbocycles. The van der Waals surface area contributed by atoms with Crippen molar-refractivity contribution in [3.8, 4) is 11.1 Å². The van der Waals surface area contributed by atoms with Crippen LogP contribution in [-0.2, 0) is 39.9 Å². The van der Waals surface area contributed by atoms with Crippen LogP contribution >= 0.6 is 0 Å². The van der Waals surface area contributed by atoms with E-state index in [2.05, 4.69) is 35.2 Å². The Morgan fingerprint density at radius 2 is 1.78 bits per heavy atom. The highest BCUT2D eigenvalue weighted by Crippen LogP contribution is 2.68. The van der Waals surface area contributed by atoms with Crippen molar-refractivity contribution < 1.29 is 45.4 Å². The Morgan fingerprint density at radius 1 is 1.04 bits per heavy atom. The van der Waals surface area contributed by atoms with Crippen LogP contribution in [0.5, 0.6) is 0 Å². The molecule has 3 atom stereocenters. The first-order valence-electron chi connectivity index (χ1n) is 17.7. The van der Waals surface area contributed by atoms with Crippen molar-refractivity contribution in [2.45, 2.75) is 76.1 Å². The van der Waals surface area contributed by atoms with Crippen LogP contribution in [-0.4, -0.2) is 58.2 Å². The van der Waals surface area contributed by atoms with E-state index >= 15 is 8.78 Å². The lowest BCUT2D eigenvalue weighted by Gasteiger charge is -2.23. The zero-order valence-corrected chi connectivity index (χ0v) is 31.4. The summed E-state index contributed by atoms with van der Waals surface area (Å²) in [7, 11) is -0.149. The number of nitrogens with zero attached hydrogens (tertiary/aromatic N) is 5. The number of pyridine rings is 1. The zero-order valence-electron chi connectivity index (χ0n) is 30.4. The smallest absolute Gasteiger partial charge is 0.337 e. The Morgan fingerprint density at radius 3 is 2.47 bits per heavy atom. The molecule has 5 aromatic rings. The minimum absolute atomic E-state index is 0.0547. The third-order valence-electron chi connectivity index (χ3n) is 9.95. The number of hydrogen-bond donors (Lipinski definition) is 1. The van der Waals surface area contributed by atoms with Gasteiger partial charge in [-0.3, -0.25) is 9.48 Å². The van der Waals surface area contributed by atoms with Gasteiger partial charge in [-0.1, -0.05) is 31.8 Å². The maximum absolute atomic E-state index is 15.3. The minimum atomic E-state index is -3.46. The molecule has 1 amide bonds. The van der Waals surface area contributed by atoms with Gasteiger partial charge in [-0.2, -0.15) is 19.0 Å². The molecule has 0 spiro atoms. The van der Waals surface area contributed by atoms with E-state index in [-0.39, 0.29) is 42.0 Å². The number of hydrogen-bond acceptors (Lipinski definition) is 7. The monoisotopic (exact) mass is 784 g/mol. The van der Waals surface area contributed by atoms with Gasteiger partial charge in [-0.15, -0.1) is 0 Å². The number of methoxy groups -OCH3 is 1. The lowest BCUT2D eigenvalue weighted by molar-refractivity contribution is -0.123. The number of nitrogens with one attached hydrogen (secondary N) is 1. The van der Waals surface area contributed by atoms with Gasteiger partial charge >= 0.3 is 5.97 Å². The predicted octanol–water partition coefficient (Wildman–Crippen LogP) is 7.92. The van der Waals surface area contributed by atoms with Gasteiger partial charge in [0.05, 0.1) is 36.1 Å². The van der Waals surface area contributed by atoms with Crippen molar-refractivity contribution in [1.29, 1.82) is 0 Å². The fraction of sp³-hybridized carbons (Fsp3) is 0.395. The molecule has 17 heteroatoms. The summed E-state index contributed by atoms with van der Waals surface area (Å²) in [4.78, 5) is 31.3. The van der Waals surface area contributed by atoms with Gasteiger partial charge in [0.1, 0.15) is 41.8 Å². The molecule has 2 aliphatic rings. The average molecular weight is 785 g/mol. The summed E-state index contributed by atoms with van der Waals surface area (Å²) in [6, 6.07) is 10.7. The predicted molar refractivity (Wildman–Crippen MR) is 191 cm³/mol. The molecule has 0 unspecified atom stereocenters. The lowest BCUT2D eigenvalue weighted by atomic mass is 9.94. The third-order valence-corrected chi connectivity index (χ3v) is 11.7. The minimum Gasteiger partial charge on any atom is -0.465 e. The van der Waals surface area contributed by atoms with Crippen LogP contribution in [0, 0.1) is 17.6 Å². The molecule has 2 aromatic carbocycles. The Balaban J connectivity index is 1.30. The number of ether oxygens (including phenoxy) is 2. The van der Waals surface area contributed by atoms with Crippen molar-refractivity contribution in [3.63, 3.8) is 0 Å². The molecule has 7 rings (SSSR count). The molecule has 290 valence electrons. The number of amides is 1. The second kappa shape index (κ2) is 14.6. The van der Waals surface area contributed by atoms with E-state index in [0.717, 1.165) is 18.2 Å². The summed E-state index contributed by atoms with van der Waals surface area (Å²) in [5.74, 6) is -8.62. The fourth-order valence-electron chi connectivity index (χ4n) is 7.21. The topological polar surface area (TPSA) is 113 Å². The highest BCUT2D eigenvalue weighted by atomic mass is 28.3. The molecular formula is C38H38F6N6O4Si. The molecule has 1 N–H and O–H groups in total. The average Bonchev–Trinajstić information content (AvgIpc) is 3.60. The summed E-state index contributed by atoms with van der Waals surface area (Å²) in [6.07, 6.45) is -1.83. The van der Waals surface area contributed by atoms with E-state index in [4.69, 9.17) is 14.5 Å². The van der Waals surface area contributed by atoms with E-state index in [9.17, 15) is 27.2 Å². The van der Waals surface area contributed by atoms with E-state index < -0.39 is 79.7 Å². The van der Waals surface area contributed by atoms with E-state index in [1.54, 1.807) is 35.0 Å². The highest BCUT2D eigenvalue weighted by Gasteiger charge is 2.67. The molecule has 3 heterocycles. The van der Waals surface area contributed by atoms with Crippen molar-refractivity contribution in [2.24, 2.45) is 5.92 Å². The van der Waals surface area contributed by atoms with E-state index in [1.165, 1.54) is 13.3 Å². The summed E-state index contributed by atoms with van der Waals surface area (Å²) in [5, 5.41) is 11.0. The number of benzene rings is 2. The molecule has 2 aliphatic carbocycles. The van der Waals surface area contributed by atoms with Crippen LogP contribution in [0.3, 0.4) is 0 Å². The summed E-state index contributed by atoms with van der Waals surface area (Å²) < 4.78 is 101. The molecule has 1 fully saturated rings. The second-order valence-corrected chi connectivity index (χ2v) is 20.8. The number of rotatable bonds is 14. The van der Waals surface area contributed by atoms with Crippen LogP contribution in [0.25, 0.3) is 22.2 Å². The van der Waals surface area contributed by atoms with Crippen LogP contribution in [0.15, 0.2) is 54.7 Å². The van der Waals surface area contributed by atoms with Crippen molar-refractivity contribution in [3.05, 3.63) is 100 Å². The van der Waals surface area contributed by atoms with Gasteiger partial charge in [0.15, 0.2) is 0 Å². The molecule has 0 bridgehead atoms. The molecule has 55 heavy (non-hydrogen) atoms. The van der Waals surface area contributed by atoms with Gasteiger partial charge in [0.2, 0.25) is 5.91 Å². The van der Waals surface area contributed by atoms with Crippen LogP contribution in [0.1, 0.15) is 63.4 Å². The van der Waals surface area contributed by atoms with E-state index in [1.807, 2.05) is 0 Å². The molecule has 0 aliphatic heterocycles. The van der Waals surface area contributed by atoms with Gasteiger partial charge in [-0.05, 0) is 66.3 Å². The molecule has 0 radical (unpaired) electrons. The molecular weight excluding hydrogens is 747 g/mol. The quantitative estimate of drug-likeness (QED) is 0.0527. The van der Waals surface area contributed by atoms with Gasteiger partial charge < -0.3 is 14.8 Å². The number of carbonyl (C=O) groups is 2. The van der Waals surface area contributed by atoms with Crippen LogP contribution in [0.4, 0.5) is 26.3 Å². The maximum Gasteiger partial charge on any atom is 0.337 e. The number of esters is 1. The first-order valence-corrected chi connectivity index (χ1v) is 21.4. The van der Waals surface area contributed by atoms with Crippen LogP contribution < -0.4 is 5.32 Å². The van der Waals surface area contributed by atoms with Crippen molar-refractivity contribution >= 4 is 31.0 Å². The van der Waals surface area contributed by atoms with Gasteiger partial charge in [0.25, 0.3) is 12.3 Å². The largest absolute Gasteiger partial charge is 0.465 e.